The Morgan fingerprint density at radius 1 is 1.62 bits per heavy atom. The molecule has 1 atom stereocenters. The number of hydrogen-bond acceptors (Lipinski definition) is 4. The molecule has 0 saturated heterocycles. The molecule has 0 aliphatic heterocycles. The van der Waals surface area contributed by atoms with Crippen molar-refractivity contribution in [3.05, 3.63) is 33.9 Å². The van der Waals surface area contributed by atoms with E-state index >= 15 is 0 Å². The van der Waals surface area contributed by atoms with Gasteiger partial charge in [0.1, 0.15) is 17.3 Å². The van der Waals surface area contributed by atoms with Gasteiger partial charge in [-0.15, -0.1) is 0 Å². The van der Waals surface area contributed by atoms with Crippen LogP contribution >= 0.6 is 0 Å². The van der Waals surface area contributed by atoms with E-state index in [1.807, 2.05) is 19.9 Å². The molecule has 1 aromatic carbocycles. The molecule has 0 aromatic heterocycles. The van der Waals surface area contributed by atoms with E-state index in [-0.39, 0.29) is 17.3 Å². The molecule has 0 fully saturated rings. The molecule has 0 bridgehead atoms. The Bertz CT molecular complexity index is 437. The van der Waals surface area contributed by atoms with Crippen LogP contribution in [0.5, 0.6) is 0 Å². The second kappa shape index (κ2) is 5.12. The Labute approximate surface area is 93.9 Å². The standard InChI is InChI=1S/C11H13N3O2/c1-3-8(2)13-10-6-4-5-9(7-12)11(10)14(15)16/h4-6,8,13H,3H2,1-2H3. The molecular formula is C11H13N3O2. The number of nitriles is 1. The van der Waals surface area contributed by atoms with Crippen molar-refractivity contribution in [2.75, 3.05) is 5.32 Å². The van der Waals surface area contributed by atoms with Crippen molar-refractivity contribution in [2.24, 2.45) is 0 Å². The lowest BCUT2D eigenvalue weighted by atomic mass is 10.1. The Kier molecular flexibility index (Phi) is 3.84. The average molecular weight is 219 g/mol. The fraction of sp³-hybridized carbons (Fsp3) is 0.364. The summed E-state index contributed by atoms with van der Waals surface area (Å²) in [5.74, 6) is 0. The topological polar surface area (TPSA) is 79.0 Å². The van der Waals surface area contributed by atoms with Crippen molar-refractivity contribution in [1.82, 2.24) is 0 Å². The van der Waals surface area contributed by atoms with E-state index in [0.717, 1.165) is 6.42 Å². The zero-order valence-electron chi connectivity index (χ0n) is 9.23. The minimum absolute atomic E-state index is 0.0818. The number of nitro groups is 1. The molecule has 0 aliphatic rings. The van der Waals surface area contributed by atoms with Gasteiger partial charge in [-0.3, -0.25) is 10.1 Å². The highest BCUT2D eigenvalue weighted by molar-refractivity contribution is 5.68. The maximum absolute atomic E-state index is 10.9. The Morgan fingerprint density at radius 3 is 2.81 bits per heavy atom. The zero-order valence-corrected chi connectivity index (χ0v) is 9.23. The van der Waals surface area contributed by atoms with Crippen molar-refractivity contribution in [3.8, 4) is 6.07 Å². The molecule has 84 valence electrons. The summed E-state index contributed by atoms with van der Waals surface area (Å²) in [6.45, 7) is 3.92. The van der Waals surface area contributed by atoms with Crippen molar-refractivity contribution >= 4 is 11.4 Å². The van der Waals surface area contributed by atoms with E-state index in [1.54, 1.807) is 12.1 Å². The molecule has 0 saturated carbocycles. The monoisotopic (exact) mass is 219 g/mol. The van der Waals surface area contributed by atoms with Crippen molar-refractivity contribution < 1.29 is 4.92 Å². The highest BCUT2D eigenvalue weighted by Gasteiger charge is 2.19. The number of benzene rings is 1. The third kappa shape index (κ3) is 2.48. The molecule has 0 aliphatic carbocycles. The van der Waals surface area contributed by atoms with E-state index < -0.39 is 4.92 Å². The first-order chi connectivity index (χ1) is 7.60. The number of para-hydroxylation sites is 1. The van der Waals surface area contributed by atoms with Crippen LogP contribution in [0.3, 0.4) is 0 Å². The number of nitrogens with one attached hydrogen (secondary N) is 1. The van der Waals surface area contributed by atoms with Gasteiger partial charge in [-0.05, 0) is 25.5 Å². The molecule has 1 unspecified atom stereocenters. The van der Waals surface area contributed by atoms with Crippen LogP contribution in [0, 0.1) is 21.4 Å². The first-order valence-electron chi connectivity index (χ1n) is 5.04. The summed E-state index contributed by atoms with van der Waals surface area (Å²) in [6, 6.07) is 6.65. The highest BCUT2D eigenvalue weighted by Crippen LogP contribution is 2.28. The maximum atomic E-state index is 10.9. The summed E-state index contributed by atoms with van der Waals surface area (Å²) >= 11 is 0. The highest BCUT2D eigenvalue weighted by atomic mass is 16.6. The summed E-state index contributed by atoms with van der Waals surface area (Å²) in [7, 11) is 0. The van der Waals surface area contributed by atoms with E-state index in [4.69, 9.17) is 5.26 Å². The second-order valence-corrected chi connectivity index (χ2v) is 3.52. The molecule has 0 spiro atoms. The number of rotatable bonds is 4. The fourth-order valence-corrected chi connectivity index (χ4v) is 1.31. The molecule has 0 heterocycles. The summed E-state index contributed by atoms with van der Waals surface area (Å²) in [5.41, 5.74) is 0.335. The van der Waals surface area contributed by atoms with Crippen LogP contribution in [-0.2, 0) is 0 Å². The number of anilines is 1. The van der Waals surface area contributed by atoms with Crippen molar-refractivity contribution in [2.45, 2.75) is 26.3 Å². The minimum Gasteiger partial charge on any atom is -0.377 e. The maximum Gasteiger partial charge on any atom is 0.309 e. The normalized spacial score (nSPS) is 11.6. The lowest BCUT2D eigenvalue weighted by molar-refractivity contribution is -0.384. The van der Waals surface area contributed by atoms with Gasteiger partial charge in [0.05, 0.1) is 4.92 Å². The summed E-state index contributed by atoms with van der Waals surface area (Å²) < 4.78 is 0. The smallest absolute Gasteiger partial charge is 0.309 e. The molecule has 0 radical (unpaired) electrons. The van der Waals surface area contributed by atoms with Crippen LogP contribution in [0.1, 0.15) is 25.8 Å². The summed E-state index contributed by atoms with van der Waals surface area (Å²) in [4.78, 5) is 10.4. The Balaban J connectivity index is 3.18. The molecule has 5 heteroatoms. The first-order valence-corrected chi connectivity index (χ1v) is 5.04. The molecule has 16 heavy (non-hydrogen) atoms. The number of hydrogen-bond donors (Lipinski definition) is 1. The van der Waals surface area contributed by atoms with Gasteiger partial charge in [0, 0.05) is 6.04 Å². The SMILES string of the molecule is CCC(C)Nc1cccc(C#N)c1[N+](=O)[O-]. The van der Waals surface area contributed by atoms with Gasteiger partial charge in [-0.25, -0.2) is 0 Å². The first kappa shape index (κ1) is 12.0. The molecule has 1 rings (SSSR count). The van der Waals surface area contributed by atoms with Gasteiger partial charge in [0.25, 0.3) is 0 Å². The van der Waals surface area contributed by atoms with E-state index in [1.165, 1.54) is 6.07 Å². The van der Waals surface area contributed by atoms with Crippen LogP contribution < -0.4 is 5.32 Å². The van der Waals surface area contributed by atoms with Crippen molar-refractivity contribution in [1.29, 1.82) is 5.26 Å². The van der Waals surface area contributed by atoms with Crippen molar-refractivity contribution in [3.63, 3.8) is 0 Å². The van der Waals surface area contributed by atoms with Gasteiger partial charge < -0.3 is 5.32 Å². The van der Waals surface area contributed by atoms with E-state index in [2.05, 4.69) is 5.32 Å². The molecule has 1 aromatic rings. The van der Waals surface area contributed by atoms with E-state index in [0.29, 0.717) is 5.69 Å². The Morgan fingerprint density at radius 2 is 2.31 bits per heavy atom. The van der Waals surface area contributed by atoms with Crippen LogP contribution in [0.15, 0.2) is 18.2 Å². The van der Waals surface area contributed by atoms with E-state index in [9.17, 15) is 10.1 Å². The lowest BCUT2D eigenvalue weighted by Gasteiger charge is -2.13. The quantitative estimate of drug-likeness (QED) is 0.623. The fourth-order valence-electron chi connectivity index (χ4n) is 1.31. The van der Waals surface area contributed by atoms with Gasteiger partial charge in [0.15, 0.2) is 0 Å². The third-order valence-corrected chi connectivity index (χ3v) is 2.35. The van der Waals surface area contributed by atoms with Crippen LogP contribution in [-0.4, -0.2) is 11.0 Å². The third-order valence-electron chi connectivity index (χ3n) is 2.35. The molecular weight excluding hydrogens is 206 g/mol. The predicted octanol–water partition coefficient (Wildman–Crippen LogP) is 2.68. The summed E-state index contributed by atoms with van der Waals surface area (Å²) in [6.07, 6.45) is 0.855. The summed E-state index contributed by atoms with van der Waals surface area (Å²) in [5, 5.41) is 22.7. The predicted molar refractivity (Wildman–Crippen MR) is 61.2 cm³/mol. The molecule has 0 amide bonds. The van der Waals surface area contributed by atoms with Crippen LogP contribution in [0.2, 0.25) is 0 Å². The lowest BCUT2D eigenvalue weighted by Crippen LogP contribution is -2.14. The van der Waals surface area contributed by atoms with Crippen LogP contribution in [0.25, 0.3) is 0 Å². The van der Waals surface area contributed by atoms with Gasteiger partial charge >= 0.3 is 5.69 Å². The molecule has 5 nitrogen and oxygen atoms in total. The molecule has 1 N–H and O–H groups in total. The Hall–Kier alpha value is -2.09. The number of nitro benzene ring substituents is 1. The largest absolute Gasteiger partial charge is 0.377 e. The minimum atomic E-state index is -0.525. The number of nitrogens with zero attached hydrogens (tertiary/aromatic N) is 2. The zero-order chi connectivity index (χ0) is 12.1. The van der Waals surface area contributed by atoms with Crippen LogP contribution in [0.4, 0.5) is 11.4 Å². The second-order valence-electron chi connectivity index (χ2n) is 3.52. The van der Waals surface area contributed by atoms with Gasteiger partial charge in [0.2, 0.25) is 0 Å². The van der Waals surface area contributed by atoms with Gasteiger partial charge in [-0.2, -0.15) is 5.26 Å². The van der Waals surface area contributed by atoms with Gasteiger partial charge in [-0.1, -0.05) is 13.0 Å². The average Bonchev–Trinajstić information content (AvgIpc) is 2.28.